The Kier molecular flexibility index (Phi) is 5.44. The van der Waals surface area contributed by atoms with E-state index in [0.717, 1.165) is 23.8 Å². The summed E-state index contributed by atoms with van der Waals surface area (Å²) in [6, 6.07) is 0.340. The van der Waals surface area contributed by atoms with Crippen LogP contribution in [0.1, 0.15) is 44.9 Å². The maximum absolute atomic E-state index is 11.8. The van der Waals surface area contributed by atoms with Crippen molar-refractivity contribution in [3.05, 3.63) is 11.9 Å². The summed E-state index contributed by atoms with van der Waals surface area (Å²) in [5.74, 6) is 1.51. The second-order valence-corrected chi connectivity index (χ2v) is 5.84. The van der Waals surface area contributed by atoms with E-state index in [4.69, 9.17) is 0 Å². The molecule has 0 aromatic carbocycles. The minimum atomic E-state index is -0.0482. The van der Waals surface area contributed by atoms with Gasteiger partial charge in [0.25, 0.3) is 0 Å². The Bertz CT molecular complexity index is 438. The number of carbonyl (C=O) groups excluding carboxylic acids is 1. The molecule has 1 aromatic heterocycles. The summed E-state index contributed by atoms with van der Waals surface area (Å²) in [5.41, 5.74) is 0. The van der Waals surface area contributed by atoms with Crippen LogP contribution in [-0.2, 0) is 4.79 Å². The van der Waals surface area contributed by atoms with E-state index in [2.05, 4.69) is 20.5 Å². The van der Waals surface area contributed by atoms with E-state index in [0.29, 0.717) is 11.9 Å². The lowest BCUT2D eigenvalue weighted by molar-refractivity contribution is -0.117. The van der Waals surface area contributed by atoms with Crippen LogP contribution in [0.3, 0.4) is 0 Å². The Hall–Kier alpha value is -1.30. The van der Waals surface area contributed by atoms with Gasteiger partial charge in [-0.25, -0.2) is 4.98 Å². The van der Waals surface area contributed by atoms with Crippen molar-refractivity contribution in [2.45, 2.75) is 50.2 Å². The number of aromatic nitrogens is 3. The first-order valence-corrected chi connectivity index (χ1v) is 7.80. The summed E-state index contributed by atoms with van der Waals surface area (Å²) in [7, 11) is 0. The van der Waals surface area contributed by atoms with Gasteiger partial charge in [-0.15, -0.1) is 5.10 Å². The van der Waals surface area contributed by atoms with Crippen molar-refractivity contribution in [2.24, 2.45) is 0 Å². The largest absolute Gasteiger partial charge is 0.350 e. The van der Waals surface area contributed by atoms with Crippen molar-refractivity contribution in [3.8, 4) is 0 Å². The van der Waals surface area contributed by atoms with Crippen LogP contribution >= 0.6 is 11.8 Å². The first-order valence-electron chi connectivity index (χ1n) is 6.81. The van der Waals surface area contributed by atoms with E-state index >= 15 is 0 Å². The lowest BCUT2D eigenvalue weighted by Gasteiger charge is -2.21. The van der Waals surface area contributed by atoms with Crippen LogP contribution in [0, 0.1) is 0 Å². The second kappa shape index (κ2) is 7.33. The third kappa shape index (κ3) is 4.70. The molecule has 0 spiro atoms. The summed E-state index contributed by atoms with van der Waals surface area (Å²) in [6.07, 6.45) is 9.11. The quantitative estimate of drug-likeness (QED) is 0.641. The predicted octanol–water partition coefficient (Wildman–Crippen LogP) is 2.38. The first-order chi connectivity index (χ1) is 9.28. The summed E-state index contributed by atoms with van der Waals surface area (Å²) in [4.78, 5) is 16.0. The lowest BCUT2D eigenvalue weighted by Crippen LogP contribution is -2.34. The molecule has 0 saturated heterocycles. The highest BCUT2D eigenvalue weighted by molar-refractivity contribution is 7.99. The molecule has 19 heavy (non-hydrogen) atoms. The van der Waals surface area contributed by atoms with Gasteiger partial charge >= 0.3 is 0 Å². The highest BCUT2D eigenvalue weighted by Crippen LogP contribution is 2.17. The van der Waals surface area contributed by atoms with E-state index in [1.807, 2.05) is 6.92 Å². The normalized spacial score (nSPS) is 16.9. The number of nitrogens with one attached hydrogen (secondary N) is 2. The van der Waals surface area contributed by atoms with Crippen molar-refractivity contribution in [2.75, 3.05) is 5.75 Å². The highest BCUT2D eigenvalue weighted by atomic mass is 32.2. The van der Waals surface area contributed by atoms with Crippen molar-refractivity contribution in [3.63, 3.8) is 0 Å². The van der Waals surface area contributed by atoms with E-state index < -0.39 is 0 Å². The van der Waals surface area contributed by atoms with Crippen LogP contribution in [0.2, 0.25) is 0 Å². The Labute approximate surface area is 117 Å². The Morgan fingerprint density at radius 3 is 3.00 bits per heavy atom. The lowest BCUT2D eigenvalue weighted by atomic mass is 9.95. The average molecular weight is 280 g/mol. The topological polar surface area (TPSA) is 70.7 Å². The van der Waals surface area contributed by atoms with E-state index in [9.17, 15) is 4.79 Å². The molecule has 0 radical (unpaired) electrons. The van der Waals surface area contributed by atoms with Crippen molar-refractivity contribution in [1.82, 2.24) is 20.5 Å². The monoisotopic (exact) mass is 280 g/mol. The van der Waals surface area contributed by atoms with Crippen LogP contribution in [0.5, 0.6) is 0 Å². The minimum Gasteiger partial charge on any atom is -0.350 e. The number of amides is 1. The van der Waals surface area contributed by atoms with Crippen LogP contribution < -0.4 is 5.32 Å². The smallest absolute Gasteiger partial charge is 0.244 e. The van der Waals surface area contributed by atoms with Crippen LogP contribution in [0.4, 0.5) is 0 Å². The molecule has 1 aliphatic carbocycles. The zero-order valence-electron chi connectivity index (χ0n) is 11.2. The van der Waals surface area contributed by atoms with Gasteiger partial charge in [0, 0.05) is 12.1 Å². The molecular formula is C13H20N4OS. The summed E-state index contributed by atoms with van der Waals surface area (Å²) in [5, 5.41) is 10.6. The standard InChI is InChI=1S/C13H20N4OS/c1-2-19-13-15-11(16-17-13)8-9-12(18)14-10-6-4-3-5-7-10/h8-10H,2-7H2,1H3,(H,14,18)(H,15,16,17)/b9-8+. The number of hydrogen-bond acceptors (Lipinski definition) is 4. The Morgan fingerprint density at radius 2 is 2.26 bits per heavy atom. The molecule has 0 unspecified atom stereocenters. The molecule has 1 aliphatic rings. The Balaban J connectivity index is 1.81. The Morgan fingerprint density at radius 1 is 1.47 bits per heavy atom. The van der Waals surface area contributed by atoms with Crippen LogP contribution in [0.15, 0.2) is 11.2 Å². The summed E-state index contributed by atoms with van der Waals surface area (Å²) in [6.45, 7) is 2.05. The van der Waals surface area contributed by atoms with Gasteiger partial charge in [0.1, 0.15) is 5.82 Å². The van der Waals surface area contributed by atoms with E-state index in [-0.39, 0.29) is 5.91 Å². The number of aromatic amines is 1. The number of hydrogen-bond donors (Lipinski definition) is 2. The van der Waals surface area contributed by atoms with Crippen molar-refractivity contribution in [1.29, 1.82) is 0 Å². The number of carbonyl (C=O) groups is 1. The SMILES string of the molecule is CCSc1n[nH]c(/C=C/C(=O)NC2CCCCC2)n1. The molecular weight excluding hydrogens is 260 g/mol. The molecule has 1 fully saturated rings. The van der Waals surface area contributed by atoms with Crippen LogP contribution in [-0.4, -0.2) is 32.9 Å². The number of H-pyrrole nitrogens is 1. The fraction of sp³-hybridized carbons (Fsp3) is 0.615. The van der Waals surface area contributed by atoms with E-state index in [1.54, 1.807) is 17.8 Å². The molecule has 0 atom stereocenters. The molecule has 104 valence electrons. The van der Waals surface area contributed by atoms with Gasteiger partial charge in [-0.2, -0.15) is 0 Å². The molecule has 1 heterocycles. The maximum Gasteiger partial charge on any atom is 0.244 e. The fourth-order valence-electron chi connectivity index (χ4n) is 2.18. The zero-order chi connectivity index (χ0) is 13.5. The summed E-state index contributed by atoms with van der Waals surface area (Å²) < 4.78 is 0. The number of rotatable bonds is 5. The zero-order valence-corrected chi connectivity index (χ0v) is 12.0. The number of nitrogens with zero attached hydrogens (tertiary/aromatic N) is 2. The third-order valence-electron chi connectivity index (χ3n) is 3.10. The van der Waals surface area contributed by atoms with Gasteiger partial charge in [-0.1, -0.05) is 37.9 Å². The summed E-state index contributed by atoms with van der Waals surface area (Å²) >= 11 is 1.57. The third-order valence-corrected chi connectivity index (χ3v) is 3.83. The molecule has 1 aromatic rings. The van der Waals surface area contributed by atoms with Crippen LogP contribution in [0.25, 0.3) is 6.08 Å². The number of thioether (sulfide) groups is 1. The minimum absolute atomic E-state index is 0.0482. The molecule has 5 nitrogen and oxygen atoms in total. The maximum atomic E-state index is 11.8. The van der Waals surface area contributed by atoms with Gasteiger partial charge in [-0.05, 0) is 24.7 Å². The van der Waals surface area contributed by atoms with Gasteiger partial charge < -0.3 is 5.32 Å². The highest BCUT2D eigenvalue weighted by Gasteiger charge is 2.14. The van der Waals surface area contributed by atoms with Gasteiger partial charge in [0.05, 0.1) is 0 Å². The average Bonchev–Trinajstić information content (AvgIpc) is 2.86. The van der Waals surface area contributed by atoms with Gasteiger partial charge in [0.15, 0.2) is 0 Å². The first kappa shape index (κ1) is 14.1. The van der Waals surface area contributed by atoms with Crippen molar-refractivity contribution < 1.29 is 4.79 Å². The predicted molar refractivity (Wildman–Crippen MR) is 76.8 cm³/mol. The molecule has 2 rings (SSSR count). The molecule has 0 bridgehead atoms. The van der Waals surface area contributed by atoms with E-state index in [1.165, 1.54) is 25.3 Å². The molecule has 2 N–H and O–H groups in total. The molecule has 1 saturated carbocycles. The van der Waals surface area contributed by atoms with Gasteiger partial charge in [0.2, 0.25) is 11.1 Å². The second-order valence-electron chi connectivity index (χ2n) is 4.61. The van der Waals surface area contributed by atoms with Crippen molar-refractivity contribution >= 4 is 23.7 Å². The molecule has 1 amide bonds. The fourth-order valence-corrected chi connectivity index (χ4v) is 2.71. The molecule has 0 aliphatic heterocycles. The van der Waals surface area contributed by atoms with Gasteiger partial charge in [-0.3, -0.25) is 9.89 Å². The molecule has 6 heteroatoms.